The number of nitrogens with one attached hydrogen (secondary N) is 2. The van der Waals surface area contributed by atoms with Crippen LogP contribution in [0.2, 0.25) is 0 Å². The molecule has 128 valence electrons. The molecule has 2 N–H and O–H groups in total. The van der Waals surface area contributed by atoms with Crippen LogP contribution in [0.1, 0.15) is 36.7 Å². The average molecular weight is 350 g/mol. The summed E-state index contributed by atoms with van der Waals surface area (Å²) in [4.78, 5) is 14.3. The SMILES string of the molecule is CCN(Cc1ccc(C(=O)NCCNC)cc1)C(C)C.Cl.Cl. The Hall–Kier alpha value is -0.810. The molecule has 6 heteroatoms. The van der Waals surface area contributed by atoms with Crippen LogP contribution >= 0.6 is 24.8 Å². The van der Waals surface area contributed by atoms with Crippen molar-refractivity contribution in [2.24, 2.45) is 0 Å². The van der Waals surface area contributed by atoms with Crippen LogP contribution in [0.5, 0.6) is 0 Å². The van der Waals surface area contributed by atoms with E-state index in [1.165, 1.54) is 5.56 Å². The quantitative estimate of drug-likeness (QED) is 0.709. The topological polar surface area (TPSA) is 44.4 Å². The van der Waals surface area contributed by atoms with Gasteiger partial charge in [-0.3, -0.25) is 9.69 Å². The molecule has 22 heavy (non-hydrogen) atoms. The number of benzene rings is 1. The standard InChI is InChI=1S/C16H27N3O.2ClH/c1-5-19(13(2)3)12-14-6-8-15(9-7-14)16(20)18-11-10-17-4;;/h6-9,13,17H,5,10-12H2,1-4H3,(H,18,20);2*1H. The van der Waals surface area contributed by atoms with Crippen molar-refractivity contribution in [3.8, 4) is 0 Å². The third kappa shape index (κ3) is 7.99. The zero-order chi connectivity index (χ0) is 15.0. The third-order valence-electron chi connectivity index (χ3n) is 3.40. The monoisotopic (exact) mass is 349 g/mol. The Morgan fingerprint density at radius 1 is 1.14 bits per heavy atom. The highest BCUT2D eigenvalue weighted by Gasteiger charge is 2.09. The first-order valence-electron chi connectivity index (χ1n) is 7.34. The maximum absolute atomic E-state index is 11.9. The summed E-state index contributed by atoms with van der Waals surface area (Å²) in [6.07, 6.45) is 0. The molecule has 0 fully saturated rings. The van der Waals surface area contributed by atoms with E-state index in [0.717, 1.165) is 25.2 Å². The Bertz CT molecular complexity index is 410. The van der Waals surface area contributed by atoms with E-state index in [0.29, 0.717) is 12.6 Å². The lowest BCUT2D eigenvalue weighted by molar-refractivity contribution is 0.0954. The average Bonchev–Trinajstić information content (AvgIpc) is 2.45. The minimum absolute atomic E-state index is 0. The van der Waals surface area contributed by atoms with E-state index < -0.39 is 0 Å². The largest absolute Gasteiger partial charge is 0.351 e. The molecule has 0 atom stereocenters. The second kappa shape index (κ2) is 12.7. The Morgan fingerprint density at radius 2 is 1.73 bits per heavy atom. The minimum atomic E-state index is -0.0111. The molecule has 0 aromatic heterocycles. The van der Waals surface area contributed by atoms with E-state index in [9.17, 15) is 4.79 Å². The molecule has 0 heterocycles. The molecular weight excluding hydrogens is 321 g/mol. The van der Waals surface area contributed by atoms with Gasteiger partial charge in [0.25, 0.3) is 5.91 Å². The zero-order valence-electron chi connectivity index (χ0n) is 13.9. The van der Waals surface area contributed by atoms with Crippen LogP contribution in [0, 0.1) is 0 Å². The Kier molecular flexibility index (Phi) is 13.5. The highest BCUT2D eigenvalue weighted by molar-refractivity contribution is 5.94. The fourth-order valence-corrected chi connectivity index (χ4v) is 2.06. The normalized spacial score (nSPS) is 10.1. The van der Waals surface area contributed by atoms with Gasteiger partial charge in [0.1, 0.15) is 0 Å². The van der Waals surface area contributed by atoms with E-state index in [2.05, 4.69) is 36.3 Å². The lowest BCUT2D eigenvalue weighted by atomic mass is 10.1. The van der Waals surface area contributed by atoms with Gasteiger partial charge in [0.05, 0.1) is 0 Å². The number of amides is 1. The van der Waals surface area contributed by atoms with Crippen molar-refractivity contribution in [2.45, 2.75) is 33.4 Å². The van der Waals surface area contributed by atoms with Crippen LogP contribution in [-0.4, -0.2) is 43.5 Å². The molecule has 1 amide bonds. The number of carbonyl (C=O) groups is 1. The lowest BCUT2D eigenvalue weighted by Crippen LogP contribution is -2.31. The lowest BCUT2D eigenvalue weighted by Gasteiger charge is -2.24. The second-order valence-electron chi connectivity index (χ2n) is 5.21. The molecule has 0 aliphatic rings. The highest BCUT2D eigenvalue weighted by atomic mass is 35.5. The molecule has 0 unspecified atom stereocenters. The predicted octanol–water partition coefficient (Wildman–Crippen LogP) is 2.71. The van der Waals surface area contributed by atoms with Crippen molar-refractivity contribution in [1.29, 1.82) is 0 Å². The minimum Gasteiger partial charge on any atom is -0.351 e. The number of nitrogens with zero attached hydrogens (tertiary/aromatic N) is 1. The van der Waals surface area contributed by atoms with Gasteiger partial charge in [-0.15, -0.1) is 24.8 Å². The van der Waals surface area contributed by atoms with Crippen molar-refractivity contribution >= 4 is 30.7 Å². The van der Waals surface area contributed by atoms with Crippen molar-refractivity contribution < 1.29 is 4.79 Å². The van der Waals surface area contributed by atoms with Crippen molar-refractivity contribution in [3.05, 3.63) is 35.4 Å². The Balaban J connectivity index is 0. The number of halogens is 2. The summed E-state index contributed by atoms with van der Waals surface area (Å²) in [5.74, 6) is -0.0111. The van der Waals surface area contributed by atoms with E-state index in [1.54, 1.807) is 0 Å². The van der Waals surface area contributed by atoms with Crippen LogP contribution < -0.4 is 10.6 Å². The van der Waals surface area contributed by atoms with Gasteiger partial charge in [-0.2, -0.15) is 0 Å². The number of likely N-dealkylation sites (N-methyl/N-ethyl adjacent to an activating group) is 1. The highest BCUT2D eigenvalue weighted by Crippen LogP contribution is 2.09. The summed E-state index contributed by atoms with van der Waals surface area (Å²) < 4.78 is 0. The van der Waals surface area contributed by atoms with Crippen molar-refractivity contribution in [1.82, 2.24) is 15.5 Å². The predicted molar refractivity (Wildman–Crippen MR) is 98.4 cm³/mol. The van der Waals surface area contributed by atoms with Gasteiger partial charge in [0, 0.05) is 31.2 Å². The first-order valence-corrected chi connectivity index (χ1v) is 7.34. The maximum atomic E-state index is 11.9. The summed E-state index contributed by atoms with van der Waals surface area (Å²) >= 11 is 0. The molecule has 1 rings (SSSR count). The van der Waals surface area contributed by atoms with Gasteiger partial charge in [-0.25, -0.2) is 0 Å². The fraction of sp³-hybridized carbons (Fsp3) is 0.562. The second-order valence-corrected chi connectivity index (χ2v) is 5.21. The van der Waals surface area contributed by atoms with Crippen LogP contribution in [0.4, 0.5) is 0 Å². The summed E-state index contributed by atoms with van der Waals surface area (Å²) in [7, 11) is 1.87. The number of hydrogen-bond donors (Lipinski definition) is 2. The van der Waals surface area contributed by atoms with Crippen LogP contribution in [-0.2, 0) is 6.54 Å². The number of hydrogen-bond acceptors (Lipinski definition) is 3. The van der Waals surface area contributed by atoms with Gasteiger partial charge in [0.15, 0.2) is 0 Å². The summed E-state index contributed by atoms with van der Waals surface area (Å²) in [6.45, 7) is 9.96. The molecule has 0 aliphatic heterocycles. The van der Waals surface area contributed by atoms with Crippen LogP contribution in [0.15, 0.2) is 24.3 Å². The number of carbonyl (C=O) groups excluding carboxylic acids is 1. The van der Waals surface area contributed by atoms with E-state index in [1.807, 2.05) is 31.3 Å². The van der Waals surface area contributed by atoms with E-state index in [4.69, 9.17) is 0 Å². The van der Waals surface area contributed by atoms with Crippen LogP contribution in [0.3, 0.4) is 0 Å². The van der Waals surface area contributed by atoms with Gasteiger partial charge >= 0.3 is 0 Å². The maximum Gasteiger partial charge on any atom is 0.251 e. The van der Waals surface area contributed by atoms with Gasteiger partial charge in [0.2, 0.25) is 0 Å². The van der Waals surface area contributed by atoms with Crippen molar-refractivity contribution in [2.75, 3.05) is 26.7 Å². The molecule has 0 radical (unpaired) electrons. The van der Waals surface area contributed by atoms with Gasteiger partial charge in [-0.1, -0.05) is 19.1 Å². The first kappa shape index (κ1) is 23.5. The van der Waals surface area contributed by atoms with E-state index >= 15 is 0 Å². The first-order chi connectivity index (χ1) is 9.58. The summed E-state index contributed by atoms with van der Waals surface area (Å²) in [5, 5.41) is 5.88. The molecule has 1 aromatic rings. The third-order valence-corrected chi connectivity index (χ3v) is 3.40. The molecule has 1 aromatic carbocycles. The molecule has 0 spiro atoms. The molecule has 0 aliphatic carbocycles. The van der Waals surface area contributed by atoms with Crippen LogP contribution in [0.25, 0.3) is 0 Å². The fourth-order valence-electron chi connectivity index (χ4n) is 2.06. The molecule has 4 nitrogen and oxygen atoms in total. The molecule has 0 saturated carbocycles. The Morgan fingerprint density at radius 3 is 2.18 bits per heavy atom. The van der Waals surface area contributed by atoms with Gasteiger partial charge in [-0.05, 0) is 45.1 Å². The Labute approximate surface area is 146 Å². The molecule has 0 saturated heterocycles. The summed E-state index contributed by atoms with van der Waals surface area (Å²) in [6, 6.07) is 8.41. The molecular formula is C16H29Cl2N3O. The van der Waals surface area contributed by atoms with Crippen molar-refractivity contribution in [3.63, 3.8) is 0 Å². The summed E-state index contributed by atoms with van der Waals surface area (Å²) in [5.41, 5.74) is 1.96. The zero-order valence-corrected chi connectivity index (χ0v) is 15.5. The van der Waals surface area contributed by atoms with E-state index in [-0.39, 0.29) is 30.7 Å². The number of rotatable bonds is 8. The van der Waals surface area contributed by atoms with Gasteiger partial charge < -0.3 is 10.6 Å². The molecule has 0 bridgehead atoms. The smallest absolute Gasteiger partial charge is 0.251 e.